The summed E-state index contributed by atoms with van der Waals surface area (Å²) >= 11 is 0. The Balaban J connectivity index is 2.46. The molecular formula is C12H18NOSi. The first-order valence-corrected chi connectivity index (χ1v) is 6.95. The standard InChI is InChI=1S/C12H18NOSi/c1-11-3-5-12(6-4-11)7-10-15(14)9-2-8-13/h3-7,10,14H,2,8-9,13H2,1H3/b10-7+. The third kappa shape index (κ3) is 4.92. The Morgan fingerprint density at radius 1 is 1.33 bits per heavy atom. The summed E-state index contributed by atoms with van der Waals surface area (Å²) in [4.78, 5) is 9.66. The maximum absolute atomic E-state index is 9.66. The lowest BCUT2D eigenvalue weighted by atomic mass is 10.2. The normalized spacial score (nSPS) is 11.5. The van der Waals surface area contributed by atoms with Crippen LogP contribution in [0, 0.1) is 6.92 Å². The summed E-state index contributed by atoms with van der Waals surface area (Å²) in [6, 6.07) is 9.10. The number of rotatable bonds is 5. The van der Waals surface area contributed by atoms with Crippen LogP contribution in [0.1, 0.15) is 17.5 Å². The van der Waals surface area contributed by atoms with E-state index >= 15 is 0 Å². The van der Waals surface area contributed by atoms with Crippen molar-refractivity contribution in [3.05, 3.63) is 41.1 Å². The SMILES string of the molecule is Cc1ccc(/C=C/[Si](O)CCCN)cc1. The monoisotopic (exact) mass is 220 g/mol. The fourth-order valence-electron chi connectivity index (χ4n) is 1.24. The molecule has 1 aromatic rings. The van der Waals surface area contributed by atoms with Crippen molar-refractivity contribution in [2.75, 3.05) is 6.54 Å². The van der Waals surface area contributed by atoms with Crippen molar-refractivity contribution < 1.29 is 4.80 Å². The number of nitrogens with two attached hydrogens (primary N) is 1. The van der Waals surface area contributed by atoms with Gasteiger partial charge < -0.3 is 10.5 Å². The summed E-state index contributed by atoms with van der Waals surface area (Å²) in [6.07, 6.45) is 2.90. The molecule has 1 rings (SSSR count). The Morgan fingerprint density at radius 2 is 2.00 bits per heavy atom. The molecule has 1 aromatic carbocycles. The van der Waals surface area contributed by atoms with Crippen molar-refractivity contribution in [1.82, 2.24) is 0 Å². The lowest BCUT2D eigenvalue weighted by Gasteiger charge is -2.00. The van der Waals surface area contributed by atoms with E-state index < -0.39 is 9.04 Å². The third-order valence-corrected chi connectivity index (χ3v) is 3.60. The van der Waals surface area contributed by atoms with Crippen LogP contribution in [-0.2, 0) is 0 Å². The fraction of sp³-hybridized carbons (Fsp3) is 0.333. The highest BCUT2D eigenvalue weighted by atomic mass is 28.3. The zero-order valence-electron chi connectivity index (χ0n) is 9.11. The Labute approximate surface area is 93.2 Å². The van der Waals surface area contributed by atoms with Crippen molar-refractivity contribution in [2.45, 2.75) is 19.4 Å². The van der Waals surface area contributed by atoms with Gasteiger partial charge in [0.25, 0.3) is 0 Å². The second-order valence-corrected chi connectivity index (χ2v) is 5.44. The molecule has 15 heavy (non-hydrogen) atoms. The first kappa shape index (κ1) is 12.2. The quantitative estimate of drug-likeness (QED) is 0.744. The van der Waals surface area contributed by atoms with Crippen LogP contribution in [0.3, 0.4) is 0 Å². The summed E-state index contributed by atoms with van der Waals surface area (Å²) in [7, 11) is -1.32. The average molecular weight is 220 g/mol. The summed E-state index contributed by atoms with van der Waals surface area (Å²) in [6.45, 7) is 2.73. The molecule has 0 aliphatic carbocycles. The molecule has 0 saturated heterocycles. The highest BCUT2D eigenvalue weighted by molar-refractivity contribution is 6.57. The average Bonchev–Trinajstić information content (AvgIpc) is 2.25. The van der Waals surface area contributed by atoms with Gasteiger partial charge in [-0.15, -0.1) is 0 Å². The molecule has 0 amide bonds. The Hall–Kier alpha value is -0.903. The Kier molecular flexibility index (Phi) is 5.32. The van der Waals surface area contributed by atoms with Crippen LogP contribution in [-0.4, -0.2) is 20.4 Å². The van der Waals surface area contributed by atoms with Gasteiger partial charge in [0.15, 0.2) is 0 Å². The minimum absolute atomic E-state index is 0.660. The number of benzene rings is 1. The first-order valence-electron chi connectivity index (χ1n) is 5.22. The number of aryl methyl sites for hydroxylation is 1. The molecule has 0 aromatic heterocycles. The number of hydrogen-bond acceptors (Lipinski definition) is 2. The lowest BCUT2D eigenvalue weighted by Crippen LogP contribution is -2.10. The molecule has 0 aliphatic heterocycles. The van der Waals surface area contributed by atoms with Crippen LogP contribution in [0.25, 0.3) is 6.08 Å². The molecule has 0 bridgehead atoms. The van der Waals surface area contributed by atoms with E-state index in [9.17, 15) is 4.80 Å². The van der Waals surface area contributed by atoms with Gasteiger partial charge in [-0.05, 0) is 31.5 Å². The molecule has 0 heterocycles. The second kappa shape index (κ2) is 6.56. The smallest absolute Gasteiger partial charge is 0.235 e. The highest BCUT2D eigenvalue weighted by Crippen LogP contribution is 2.06. The first-order chi connectivity index (χ1) is 7.22. The van der Waals surface area contributed by atoms with E-state index in [1.807, 2.05) is 11.8 Å². The van der Waals surface area contributed by atoms with Crippen LogP contribution >= 0.6 is 0 Å². The van der Waals surface area contributed by atoms with Crippen LogP contribution in [0.5, 0.6) is 0 Å². The lowest BCUT2D eigenvalue weighted by molar-refractivity contribution is 0.579. The van der Waals surface area contributed by atoms with E-state index in [-0.39, 0.29) is 0 Å². The van der Waals surface area contributed by atoms with Gasteiger partial charge in [-0.3, -0.25) is 0 Å². The van der Waals surface area contributed by atoms with E-state index in [1.165, 1.54) is 5.56 Å². The Bertz CT molecular complexity index is 308. The molecule has 0 spiro atoms. The molecule has 0 unspecified atom stereocenters. The van der Waals surface area contributed by atoms with Gasteiger partial charge in [-0.1, -0.05) is 41.6 Å². The third-order valence-electron chi connectivity index (χ3n) is 2.18. The molecule has 0 atom stereocenters. The summed E-state index contributed by atoms with van der Waals surface area (Å²) in [5.74, 6) is 0. The van der Waals surface area contributed by atoms with Crippen molar-refractivity contribution in [1.29, 1.82) is 0 Å². The molecule has 3 heteroatoms. The summed E-state index contributed by atoms with van der Waals surface area (Å²) in [5, 5.41) is 0. The van der Waals surface area contributed by atoms with Crippen LogP contribution in [0.4, 0.5) is 0 Å². The van der Waals surface area contributed by atoms with Gasteiger partial charge in [0.1, 0.15) is 0 Å². The maximum Gasteiger partial charge on any atom is 0.235 e. The summed E-state index contributed by atoms with van der Waals surface area (Å²) in [5.41, 5.74) is 9.70. The minimum atomic E-state index is -1.32. The molecule has 81 valence electrons. The topological polar surface area (TPSA) is 46.2 Å². The van der Waals surface area contributed by atoms with Crippen LogP contribution < -0.4 is 5.73 Å². The Morgan fingerprint density at radius 3 is 2.60 bits per heavy atom. The van der Waals surface area contributed by atoms with E-state index in [1.54, 1.807) is 0 Å². The zero-order chi connectivity index (χ0) is 11.1. The summed E-state index contributed by atoms with van der Waals surface area (Å²) < 4.78 is 0. The second-order valence-electron chi connectivity index (χ2n) is 3.63. The van der Waals surface area contributed by atoms with Crippen molar-refractivity contribution >= 4 is 15.1 Å². The molecule has 3 N–H and O–H groups in total. The van der Waals surface area contributed by atoms with Gasteiger partial charge in [0.2, 0.25) is 9.04 Å². The van der Waals surface area contributed by atoms with Crippen molar-refractivity contribution in [2.24, 2.45) is 5.73 Å². The molecule has 0 saturated carbocycles. The van der Waals surface area contributed by atoms with Gasteiger partial charge in [0, 0.05) is 0 Å². The van der Waals surface area contributed by atoms with Crippen LogP contribution in [0.15, 0.2) is 30.0 Å². The molecule has 0 aliphatic rings. The van der Waals surface area contributed by atoms with Crippen molar-refractivity contribution in [3.8, 4) is 0 Å². The van der Waals surface area contributed by atoms with Gasteiger partial charge in [0.05, 0.1) is 0 Å². The predicted octanol–water partition coefficient (Wildman–Crippen LogP) is 1.88. The number of hydrogen-bond donors (Lipinski definition) is 2. The molecule has 0 fully saturated rings. The zero-order valence-corrected chi connectivity index (χ0v) is 10.1. The van der Waals surface area contributed by atoms with E-state index in [4.69, 9.17) is 5.73 Å². The molecule has 2 nitrogen and oxygen atoms in total. The van der Waals surface area contributed by atoms with E-state index in [0.29, 0.717) is 6.54 Å². The molecule has 1 radical (unpaired) electrons. The van der Waals surface area contributed by atoms with Gasteiger partial charge in [-0.2, -0.15) is 0 Å². The largest absolute Gasteiger partial charge is 0.428 e. The molecular weight excluding hydrogens is 202 g/mol. The van der Waals surface area contributed by atoms with Crippen LogP contribution in [0.2, 0.25) is 6.04 Å². The fourth-order valence-corrected chi connectivity index (χ4v) is 2.35. The van der Waals surface area contributed by atoms with Gasteiger partial charge in [-0.25, -0.2) is 0 Å². The van der Waals surface area contributed by atoms with Gasteiger partial charge >= 0.3 is 0 Å². The maximum atomic E-state index is 9.66. The highest BCUT2D eigenvalue weighted by Gasteiger charge is 2.01. The van der Waals surface area contributed by atoms with E-state index in [2.05, 4.69) is 31.2 Å². The predicted molar refractivity (Wildman–Crippen MR) is 66.7 cm³/mol. The van der Waals surface area contributed by atoms with Crippen molar-refractivity contribution in [3.63, 3.8) is 0 Å². The minimum Gasteiger partial charge on any atom is -0.428 e. The van der Waals surface area contributed by atoms with E-state index in [0.717, 1.165) is 18.0 Å².